The molecule has 25 heavy (non-hydrogen) atoms. The van der Waals surface area contributed by atoms with Gasteiger partial charge in [-0.2, -0.15) is 0 Å². The maximum atomic E-state index is 4.51. The summed E-state index contributed by atoms with van der Waals surface area (Å²) in [6, 6.07) is 11.3. The Morgan fingerprint density at radius 1 is 1.24 bits per heavy atom. The molecule has 5 heteroatoms. The molecule has 0 radical (unpaired) electrons. The molecule has 134 valence electrons. The molecule has 1 saturated heterocycles. The summed E-state index contributed by atoms with van der Waals surface area (Å²) in [5.41, 5.74) is 1.85. The quantitative estimate of drug-likeness (QED) is 0.819. The lowest BCUT2D eigenvalue weighted by molar-refractivity contribution is 0.212. The Morgan fingerprint density at radius 2 is 2.04 bits per heavy atom. The predicted octanol–water partition coefficient (Wildman–Crippen LogP) is 4.22. The van der Waals surface area contributed by atoms with Gasteiger partial charge in [0.1, 0.15) is 5.01 Å². The highest BCUT2D eigenvalue weighted by Gasteiger charge is 2.56. The average molecular weight is 376 g/mol. The minimum absolute atomic E-state index is 0. The lowest BCUT2D eigenvalue weighted by Gasteiger charge is -2.28. The summed E-state index contributed by atoms with van der Waals surface area (Å²) >= 11 is 1.77. The van der Waals surface area contributed by atoms with Crippen LogP contribution in [-0.2, 0) is 6.54 Å². The first-order valence-electron chi connectivity index (χ1n) is 8.90. The topological polar surface area (TPSA) is 28.2 Å². The van der Waals surface area contributed by atoms with Gasteiger partial charge in [-0.05, 0) is 43.3 Å². The van der Waals surface area contributed by atoms with Crippen LogP contribution in [0.2, 0.25) is 0 Å². The van der Waals surface area contributed by atoms with Gasteiger partial charge in [-0.25, -0.2) is 4.98 Å². The molecule has 1 spiro atoms. The van der Waals surface area contributed by atoms with E-state index in [1.54, 1.807) is 11.3 Å². The number of thiazole rings is 1. The number of benzene rings is 1. The maximum absolute atomic E-state index is 4.51. The molecule has 4 rings (SSSR count). The highest BCUT2D eigenvalue weighted by atomic mass is 35.5. The van der Waals surface area contributed by atoms with E-state index in [1.165, 1.54) is 42.9 Å². The van der Waals surface area contributed by atoms with Gasteiger partial charge < -0.3 is 5.32 Å². The molecule has 1 aromatic carbocycles. The molecule has 2 fully saturated rings. The lowest BCUT2D eigenvalue weighted by Crippen LogP contribution is -2.36. The second-order valence-electron chi connectivity index (χ2n) is 7.00. The lowest BCUT2D eigenvalue weighted by atomic mass is 9.93. The highest BCUT2D eigenvalue weighted by molar-refractivity contribution is 7.09. The minimum Gasteiger partial charge on any atom is -0.317 e. The van der Waals surface area contributed by atoms with Crippen LogP contribution < -0.4 is 5.32 Å². The van der Waals surface area contributed by atoms with Crippen LogP contribution in [0.25, 0.3) is 6.08 Å². The zero-order valence-electron chi connectivity index (χ0n) is 14.4. The van der Waals surface area contributed by atoms with Crippen molar-refractivity contribution in [1.82, 2.24) is 15.2 Å². The largest absolute Gasteiger partial charge is 0.317 e. The smallest absolute Gasteiger partial charge is 0.107 e. The van der Waals surface area contributed by atoms with Crippen molar-refractivity contribution in [2.45, 2.75) is 31.8 Å². The maximum Gasteiger partial charge on any atom is 0.107 e. The number of rotatable bonds is 6. The molecular formula is C20H26ClN3S. The number of hydrogen-bond donors (Lipinski definition) is 1. The van der Waals surface area contributed by atoms with Crippen LogP contribution in [0.5, 0.6) is 0 Å². The summed E-state index contributed by atoms with van der Waals surface area (Å²) in [5.74, 6) is 0. The van der Waals surface area contributed by atoms with E-state index >= 15 is 0 Å². The van der Waals surface area contributed by atoms with Crippen molar-refractivity contribution >= 4 is 29.8 Å². The zero-order chi connectivity index (χ0) is 16.2. The Bertz CT molecular complexity index is 666. The molecule has 1 aliphatic carbocycles. The molecule has 0 bridgehead atoms. The summed E-state index contributed by atoms with van der Waals surface area (Å²) in [4.78, 5) is 7.15. The third-order valence-electron chi connectivity index (χ3n) is 5.46. The Hall–Kier alpha value is -1.20. The van der Waals surface area contributed by atoms with Crippen LogP contribution >= 0.6 is 23.7 Å². The molecule has 2 aromatic rings. The zero-order valence-corrected chi connectivity index (χ0v) is 16.1. The number of nitrogens with zero attached hydrogens (tertiary/aromatic N) is 2. The van der Waals surface area contributed by atoms with E-state index in [4.69, 9.17) is 0 Å². The molecule has 1 saturated carbocycles. The third kappa shape index (κ3) is 4.50. The third-order valence-corrected chi connectivity index (χ3v) is 6.22. The van der Waals surface area contributed by atoms with Crippen LogP contribution in [0, 0.1) is 5.41 Å². The Morgan fingerprint density at radius 3 is 2.76 bits per heavy atom. The van der Waals surface area contributed by atoms with E-state index in [9.17, 15) is 0 Å². The van der Waals surface area contributed by atoms with E-state index in [-0.39, 0.29) is 12.4 Å². The van der Waals surface area contributed by atoms with Crippen molar-refractivity contribution in [2.24, 2.45) is 5.41 Å². The van der Waals surface area contributed by atoms with Crippen molar-refractivity contribution in [3.05, 3.63) is 58.6 Å². The molecule has 2 heterocycles. The van der Waals surface area contributed by atoms with Gasteiger partial charge in [0.25, 0.3) is 0 Å². The normalized spacial score (nSPS) is 21.6. The predicted molar refractivity (Wildman–Crippen MR) is 108 cm³/mol. The van der Waals surface area contributed by atoms with Crippen molar-refractivity contribution in [2.75, 3.05) is 19.6 Å². The SMILES string of the molecule is C(=C\c1ccccc1)/CN(Cc1nccs1)C1CC12CCNCC2.Cl. The van der Waals surface area contributed by atoms with E-state index in [1.807, 2.05) is 6.20 Å². The van der Waals surface area contributed by atoms with E-state index in [0.717, 1.165) is 19.1 Å². The van der Waals surface area contributed by atoms with E-state index in [2.05, 4.69) is 63.1 Å². The number of nitrogens with one attached hydrogen (secondary N) is 1. The molecule has 1 N–H and O–H groups in total. The van der Waals surface area contributed by atoms with Crippen LogP contribution in [0.15, 0.2) is 48.0 Å². The fourth-order valence-corrected chi connectivity index (χ4v) is 4.64. The van der Waals surface area contributed by atoms with Crippen LogP contribution in [-0.4, -0.2) is 35.6 Å². The monoisotopic (exact) mass is 375 g/mol. The summed E-state index contributed by atoms with van der Waals surface area (Å²) in [6.45, 7) is 4.36. The molecule has 0 amide bonds. The Labute approximate surface area is 160 Å². The second kappa shape index (κ2) is 8.45. The van der Waals surface area contributed by atoms with Gasteiger partial charge in [0.05, 0.1) is 6.54 Å². The van der Waals surface area contributed by atoms with Gasteiger partial charge in [0.2, 0.25) is 0 Å². The van der Waals surface area contributed by atoms with Crippen LogP contribution in [0.3, 0.4) is 0 Å². The fraction of sp³-hybridized carbons (Fsp3) is 0.450. The molecule has 1 unspecified atom stereocenters. The molecule has 1 aliphatic heterocycles. The van der Waals surface area contributed by atoms with Crippen molar-refractivity contribution < 1.29 is 0 Å². The summed E-state index contributed by atoms with van der Waals surface area (Å²) in [6.07, 6.45) is 10.5. The van der Waals surface area contributed by atoms with Gasteiger partial charge in [0.15, 0.2) is 0 Å². The summed E-state index contributed by atoms with van der Waals surface area (Å²) in [5, 5.41) is 6.83. The number of halogens is 1. The molecule has 1 aromatic heterocycles. The van der Waals surface area contributed by atoms with Crippen molar-refractivity contribution in [1.29, 1.82) is 0 Å². The Kier molecular flexibility index (Phi) is 6.29. The van der Waals surface area contributed by atoms with Crippen molar-refractivity contribution in [3.63, 3.8) is 0 Å². The number of hydrogen-bond acceptors (Lipinski definition) is 4. The van der Waals surface area contributed by atoms with E-state index < -0.39 is 0 Å². The van der Waals surface area contributed by atoms with Gasteiger partial charge in [0, 0.05) is 24.2 Å². The average Bonchev–Trinajstić information content (AvgIpc) is 3.06. The van der Waals surface area contributed by atoms with Crippen LogP contribution in [0.1, 0.15) is 29.8 Å². The van der Waals surface area contributed by atoms with Gasteiger partial charge >= 0.3 is 0 Å². The van der Waals surface area contributed by atoms with Gasteiger partial charge in [-0.1, -0.05) is 42.5 Å². The summed E-state index contributed by atoms with van der Waals surface area (Å²) in [7, 11) is 0. The molecular weight excluding hydrogens is 350 g/mol. The first kappa shape index (κ1) is 18.6. The standard InChI is InChI=1S/C20H25N3S.ClH/c1-2-5-17(6-3-1)7-4-13-23(16-19-22-12-14-24-19)18-15-20(18)8-10-21-11-9-20;/h1-7,12,14,18,21H,8-11,13,15-16H2;1H/b7-4+;. The Balaban J connectivity index is 0.00000182. The van der Waals surface area contributed by atoms with Crippen molar-refractivity contribution in [3.8, 4) is 0 Å². The second-order valence-corrected chi connectivity index (χ2v) is 7.98. The first-order valence-corrected chi connectivity index (χ1v) is 9.78. The minimum atomic E-state index is 0. The van der Waals surface area contributed by atoms with Crippen LogP contribution in [0.4, 0.5) is 0 Å². The first-order chi connectivity index (χ1) is 11.9. The van der Waals surface area contributed by atoms with Gasteiger partial charge in [-0.3, -0.25) is 4.90 Å². The van der Waals surface area contributed by atoms with E-state index in [0.29, 0.717) is 5.41 Å². The number of aromatic nitrogens is 1. The molecule has 3 nitrogen and oxygen atoms in total. The number of piperidine rings is 1. The fourth-order valence-electron chi connectivity index (χ4n) is 4.00. The molecule has 1 atom stereocenters. The molecule has 2 aliphatic rings. The van der Waals surface area contributed by atoms with Gasteiger partial charge in [-0.15, -0.1) is 23.7 Å². The highest BCUT2D eigenvalue weighted by Crippen LogP contribution is 2.56. The summed E-state index contributed by atoms with van der Waals surface area (Å²) < 4.78 is 0.